The van der Waals surface area contributed by atoms with E-state index in [0.29, 0.717) is 13.0 Å². The number of halogens is 1. The van der Waals surface area contributed by atoms with E-state index in [9.17, 15) is 9.18 Å². The Kier molecular flexibility index (Phi) is 4.31. The number of rotatable bonds is 5. The summed E-state index contributed by atoms with van der Waals surface area (Å²) in [6.45, 7) is 0.776. The molecule has 0 amide bonds. The van der Waals surface area contributed by atoms with Gasteiger partial charge in [0.25, 0.3) is 0 Å². The van der Waals surface area contributed by atoms with E-state index < -0.39 is 11.8 Å². The normalized spacial score (nSPS) is 18.8. The number of hydrogen-bond donors (Lipinski definition) is 2. The van der Waals surface area contributed by atoms with Gasteiger partial charge in [0.2, 0.25) is 0 Å². The fourth-order valence-corrected chi connectivity index (χ4v) is 2.54. The van der Waals surface area contributed by atoms with Crippen LogP contribution in [0.3, 0.4) is 0 Å². The van der Waals surface area contributed by atoms with Gasteiger partial charge < -0.3 is 15.1 Å². The van der Waals surface area contributed by atoms with Crippen LogP contribution in [0.1, 0.15) is 36.0 Å². The number of pyridine rings is 1. The SMILES string of the molecule is O=C(O)c1ccnc(N2CCCC2CCCO)c1F. The maximum atomic E-state index is 14.1. The monoisotopic (exact) mass is 268 g/mol. The molecule has 2 rings (SSSR count). The van der Waals surface area contributed by atoms with Gasteiger partial charge in [-0.05, 0) is 31.7 Å². The van der Waals surface area contributed by atoms with Crippen molar-refractivity contribution < 1.29 is 19.4 Å². The molecule has 1 fully saturated rings. The molecule has 1 aromatic heterocycles. The first kappa shape index (κ1) is 13.7. The molecule has 0 spiro atoms. The van der Waals surface area contributed by atoms with Crippen LogP contribution in [-0.2, 0) is 0 Å². The van der Waals surface area contributed by atoms with E-state index in [4.69, 9.17) is 10.2 Å². The number of aromatic nitrogens is 1. The first-order valence-corrected chi connectivity index (χ1v) is 6.40. The molecule has 104 valence electrons. The highest BCUT2D eigenvalue weighted by molar-refractivity contribution is 5.88. The van der Waals surface area contributed by atoms with Crippen LogP contribution in [0.15, 0.2) is 12.3 Å². The second kappa shape index (κ2) is 5.97. The molecular weight excluding hydrogens is 251 g/mol. The number of carboxylic acid groups (broad SMARTS) is 1. The van der Waals surface area contributed by atoms with Crippen LogP contribution in [0.4, 0.5) is 10.2 Å². The minimum Gasteiger partial charge on any atom is -0.478 e. The Labute approximate surface area is 110 Å². The van der Waals surface area contributed by atoms with E-state index in [-0.39, 0.29) is 24.0 Å². The lowest BCUT2D eigenvalue weighted by molar-refractivity contribution is 0.0691. The summed E-state index contributed by atoms with van der Waals surface area (Å²) in [5.74, 6) is -1.95. The second-order valence-corrected chi connectivity index (χ2v) is 4.66. The molecule has 0 saturated carbocycles. The summed E-state index contributed by atoms with van der Waals surface area (Å²) in [7, 11) is 0. The topological polar surface area (TPSA) is 73.7 Å². The summed E-state index contributed by atoms with van der Waals surface area (Å²) in [4.78, 5) is 16.7. The first-order valence-electron chi connectivity index (χ1n) is 6.40. The molecule has 0 radical (unpaired) electrons. The molecule has 0 bridgehead atoms. The fourth-order valence-electron chi connectivity index (χ4n) is 2.54. The lowest BCUT2D eigenvalue weighted by Gasteiger charge is -2.26. The molecule has 1 aliphatic rings. The Morgan fingerprint density at radius 1 is 1.58 bits per heavy atom. The van der Waals surface area contributed by atoms with Gasteiger partial charge in [-0.15, -0.1) is 0 Å². The summed E-state index contributed by atoms with van der Waals surface area (Å²) >= 11 is 0. The van der Waals surface area contributed by atoms with Crippen LogP contribution in [0, 0.1) is 5.82 Å². The molecule has 1 aliphatic heterocycles. The summed E-state index contributed by atoms with van der Waals surface area (Å²) < 4.78 is 14.1. The van der Waals surface area contributed by atoms with Crippen LogP contribution < -0.4 is 4.90 Å². The van der Waals surface area contributed by atoms with Gasteiger partial charge in [0.15, 0.2) is 11.6 Å². The molecule has 1 atom stereocenters. The molecule has 6 heteroatoms. The van der Waals surface area contributed by atoms with Crippen LogP contribution in [-0.4, -0.2) is 40.4 Å². The summed E-state index contributed by atoms with van der Waals surface area (Å²) in [6, 6.07) is 1.29. The lowest BCUT2D eigenvalue weighted by Crippen LogP contribution is -2.31. The zero-order chi connectivity index (χ0) is 13.8. The number of hydrogen-bond acceptors (Lipinski definition) is 4. The summed E-state index contributed by atoms with van der Waals surface area (Å²) in [5.41, 5.74) is -0.349. The number of aromatic carboxylic acids is 1. The molecule has 1 unspecified atom stereocenters. The Hall–Kier alpha value is -1.69. The van der Waals surface area contributed by atoms with Gasteiger partial charge in [0.1, 0.15) is 5.56 Å². The van der Waals surface area contributed by atoms with Crippen LogP contribution in [0.2, 0.25) is 0 Å². The standard InChI is InChI=1S/C13H17FN2O3/c14-11-10(13(18)19)5-6-15-12(11)16-7-1-3-9(16)4-2-8-17/h5-6,9,17H,1-4,7-8H2,(H,18,19). The Bertz CT molecular complexity index is 467. The van der Waals surface area contributed by atoms with E-state index in [1.165, 1.54) is 12.3 Å². The predicted octanol–water partition coefficient (Wildman–Crippen LogP) is 1.66. The van der Waals surface area contributed by atoms with Crippen molar-refractivity contribution in [1.82, 2.24) is 4.98 Å². The zero-order valence-electron chi connectivity index (χ0n) is 10.5. The van der Waals surface area contributed by atoms with Crippen LogP contribution >= 0.6 is 0 Å². The minimum absolute atomic E-state index is 0.107. The van der Waals surface area contributed by atoms with Gasteiger partial charge in [-0.3, -0.25) is 0 Å². The van der Waals surface area contributed by atoms with Gasteiger partial charge >= 0.3 is 5.97 Å². The van der Waals surface area contributed by atoms with Gasteiger partial charge in [-0.2, -0.15) is 0 Å². The minimum atomic E-state index is -1.28. The lowest BCUT2D eigenvalue weighted by atomic mass is 10.1. The second-order valence-electron chi connectivity index (χ2n) is 4.66. The van der Waals surface area contributed by atoms with Crippen molar-refractivity contribution in [3.8, 4) is 0 Å². The third kappa shape index (κ3) is 2.84. The first-order chi connectivity index (χ1) is 9.15. The molecule has 5 nitrogen and oxygen atoms in total. The van der Waals surface area contributed by atoms with Crippen molar-refractivity contribution in [2.75, 3.05) is 18.1 Å². The molecular formula is C13H17FN2O3. The molecule has 1 aromatic rings. The third-order valence-electron chi connectivity index (χ3n) is 3.45. The molecule has 2 N–H and O–H groups in total. The molecule has 0 aromatic carbocycles. The molecule has 2 heterocycles. The average molecular weight is 268 g/mol. The molecule has 0 aliphatic carbocycles. The number of aliphatic hydroxyl groups excluding tert-OH is 1. The number of carbonyl (C=O) groups is 1. The summed E-state index contributed by atoms with van der Waals surface area (Å²) in [6.07, 6.45) is 4.58. The van der Waals surface area contributed by atoms with Crippen molar-refractivity contribution >= 4 is 11.8 Å². The Balaban J connectivity index is 2.25. The Morgan fingerprint density at radius 2 is 2.37 bits per heavy atom. The van der Waals surface area contributed by atoms with Crippen LogP contribution in [0.5, 0.6) is 0 Å². The van der Waals surface area contributed by atoms with Crippen molar-refractivity contribution in [1.29, 1.82) is 0 Å². The Morgan fingerprint density at radius 3 is 3.05 bits per heavy atom. The van der Waals surface area contributed by atoms with E-state index >= 15 is 0 Å². The highest BCUT2D eigenvalue weighted by Gasteiger charge is 2.29. The smallest absolute Gasteiger partial charge is 0.338 e. The van der Waals surface area contributed by atoms with Gasteiger partial charge in [-0.1, -0.05) is 0 Å². The van der Waals surface area contributed by atoms with Crippen molar-refractivity contribution in [2.45, 2.75) is 31.7 Å². The van der Waals surface area contributed by atoms with E-state index in [2.05, 4.69) is 4.98 Å². The highest BCUT2D eigenvalue weighted by Crippen LogP contribution is 2.29. The fraction of sp³-hybridized carbons (Fsp3) is 0.538. The molecule has 19 heavy (non-hydrogen) atoms. The average Bonchev–Trinajstić information content (AvgIpc) is 2.84. The number of carboxylic acids is 1. The van der Waals surface area contributed by atoms with Crippen molar-refractivity contribution in [3.05, 3.63) is 23.6 Å². The zero-order valence-corrected chi connectivity index (χ0v) is 10.5. The van der Waals surface area contributed by atoms with Crippen molar-refractivity contribution in [3.63, 3.8) is 0 Å². The van der Waals surface area contributed by atoms with Crippen LogP contribution in [0.25, 0.3) is 0 Å². The maximum absolute atomic E-state index is 14.1. The quantitative estimate of drug-likeness (QED) is 0.849. The summed E-state index contributed by atoms with van der Waals surface area (Å²) in [5, 5.41) is 17.8. The van der Waals surface area contributed by atoms with Gasteiger partial charge in [-0.25, -0.2) is 14.2 Å². The molecule has 1 saturated heterocycles. The number of nitrogens with zero attached hydrogens (tertiary/aromatic N) is 2. The van der Waals surface area contributed by atoms with E-state index in [1.54, 1.807) is 0 Å². The largest absolute Gasteiger partial charge is 0.478 e. The highest BCUT2D eigenvalue weighted by atomic mass is 19.1. The van der Waals surface area contributed by atoms with Gasteiger partial charge in [0, 0.05) is 25.4 Å². The van der Waals surface area contributed by atoms with E-state index in [0.717, 1.165) is 19.3 Å². The van der Waals surface area contributed by atoms with E-state index in [1.807, 2.05) is 4.90 Å². The van der Waals surface area contributed by atoms with Gasteiger partial charge in [0.05, 0.1) is 0 Å². The third-order valence-corrected chi connectivity index (χ3v) is 3.45. The number of aliphatic hydroxyl groups is 1. The van der Waals surface area contributed by atoms with Crippen molar-refractivity contribution in [2.24, 2.45) is 0 Å². The maximum Gasteiger partial charge on any atom is 0.338 e. The number of anilines is 1. The predicted molar refractivity (Wildman–Crippen MR) is 67.8 cm³/mol.